The van der Waals surface area contributed by atoms with Gasteiger partial charge in [0.2, 0.25) is 5.13 Å². The predicted octanol–water partition coefficient (Wildman–Crippen LogP) is 4.94. The van der Waals surface area contributed by atoms with Crippen molar-refractivity contribution in [2.45, 2.75) is 6.92 Å². The van der Waals surface area contributed by atoms with E-state index in [1.807, 2.05) is 36.6 Å². The molecule has 0 radical (unpaired) electrons. The lowest BCUT2D eigenvalue weighted by Gasteiger charge is -2.11. The molecule has 0 unspecified atom stereocenters. The van der Waals surface area contributed by atoms with E-state index in [-0.39, 0.29) is 11.7 Å². The maximum Gasteiger partial charge on any atom is 0.316 e. The standard InChI is InChI=1S/C18H13N3O2S2/c1-12-6-7-14-16(10-12)25-18(20-14)21(17(22)15-5-2-8-23-15)19-11-13-4-3-9-24-13/h2-11H,1H3/b19-11-. The Kier molecular flexibility index (Phi) is 4.17. The van der Waals surface area contributed by atoms with E-state index in [1.54, 1.807) is 29.7 Å². The molecule has 4 aromatic rings. The third-order valence-electron chi connectivity index (χ3n) is 3.48. The van der Waals surface area contributed by atoms with Crippen LogP contribution in [0.5, 0.6) is 0 Å². The molecule has 1 amide bonds. The van der Waals surface area contributed by atoms with E-state index < -0.39 is 0 Å². The largest absolute Gasteiger partial charge is 0.459 e. The number of carbonyl (C=O) groups is 1. The van der Waals surface area contributed by atoms with E-state index in [2.05, 4.69) is 16.2 Å². The fourth-order valence-corrected chi connectivity index (χ4v) is 3.88. The van der Waals surface area contributed by atoms with Gasteiger partial charge in [-0.1, -0.05) is 23.5 Å². The van der Waals surface area contributed by atoms with Crippen molar-refractivity contribution in [3.8, 4) is 0 Å². The number of nitrogens with zero attached hydrogens (tertiary/aromatic N) is 3. The van der Waals surface area contributed by atoms with Gasteiger partial charge in [0, 0.05) is 4.88 Å². The Labute approximate surface area is 151 Å². The van der Waals surface area contributed by atoms with Crippen molar-refractivity contribution in [1.29, 1.82) is 0 Å². The molecule has 0 fully saturated rings. The van der Waals surface area contributed by atoms with E-state index in [1.165, 1.54) is 22.6 Å². The minimum Gasteiger partial charge on any atom is -0.459 e. The Bertz CT molecular complexity index is 1030. The fourth-order valence-electron chi connectivity index (χ4n) is 2.28. The van der Waals surface area contributed by atoms with Crippen LogP contribution in [0.1, 0.15) is 21.0 Å². The number of anilines is 1. The van der Waals surface area contributed by atoms with Crippen LogP contribution in [0.4, 0.5) is 5.13 Å². The molecule has 5 nitrogen and oxygen atoms in total. The van der Waals surface area contributed by atoms with Crippen LogP contribution >= 0.6 is 22.7 Å². The molecule has 7 heteroatoms. The third kappa shape index (κ3) is 3.24. The number of hydrazone groups is 1. The highest BCUT2D eigenvalue weighted by Crippen LogP contribution is 2.30. The number of amides is 1. The van der Waals surface area contributed by atoms with Gasteiger partial charge < -0.3 is 4.42 Å². The van der Waals surface area contributed by atoms with Crippen molar-refractivity contribution < 1.29 is 9.21 Å². The number of furan rings is 1. The van der Waals surface area contributed by atoms with E-state index in [0.29, 0.717) is 5.13 Å². The number of hydrogen-bond donors (Lipinski definition) is 0. The second-order valence-corrected chi connectivity index (χ2v) is 7.31. The molecular formula is C18H13N3O2S2. The summed E-state index contributed by atoms with van der Waals surface area (Å²) >= 11 is 2.97. The number of hydrogen-bond acceptors (Lipinski definition) is 6. The second kappa shape index (κ2) is 6.62. The number of carbonyl (C=O) groups excluding carboxylic acids is 1. The average Bonchev–Trinajstić information content (AvgIpc) is 3.36. The smallest absolute Gasteiger partial charge is 0.316 e. The van der Waals surface area contributed by atoms with Gasteiger partial charge in [-0.2, -0.15) is 10.1 Å². The van der Waals surface area contributed by atoms with Gasteiger partial charge in [0.25, 0.3) is 0 Å². The molecule has 0 saturated carbocycles. The minimum absolute atomic E-state index is 0.221. The number of thiazole rings is 1. The first-order chi connectivity index (χ1) is 12.2. The molecule has 0 atom stereocenters. The van der Waals surface area contributed by atoms with Crippen LogP contribution in [0.15, 0.2) is 63.6 Å². The van der Waals surface area contributed by atoms with Gasteiger partial charge in [-0.05, 0) is 48.2 Å². The van der Waals surface area contributed by atoms with Crippen LogP contribution in [-0.2, 0) is 0 Å². The summed E-state index contributed by atoms with van der Waals surface area (Å²) < 4.78 is 6.25. The monoisotopic (exact) mass is 367 g/mol. The molecule has 0 bridgehead atoms. The van der Waals surface area contributed by atoms with E-state index in [0.717, 1.165) is 20.7 Å². The molecule has 0 saturated heterocycles. The van der Waals surface area contributed by atoms with Crippen LogP contribution in [-0.4, -0.2) is 17.1 Å². The second-order valence-electron chi connectivity index (χ2n) is 5.32. The first kappa shape index (κ1) is 15.7. The molecule has 25 heavy (non-hydrogen) atoms. The molecule has 1 aromatic carbocycles. The number of thiophene rings is 1. The van der Waals surface area contributed by atoms with Crippen LogP contribution in [0.3, 0.4) is 0 Å². The number of aryl methyl sites for hydroxylation is 1. The molecule has 0 N–H and O–H groups in total. The Morgan fingerprint density at radius 1 is 1.28 bits per heavy atom. The molecule has 3 aromatic heterocycles. The van der Waals surface area contributed by atoms with Crippen LogP contribution < -0.4 is 5.01 Å². The molecule has 0 aliphatic carbocycles. The lowest BCUT2D eigenvalue weighted by Crippen LogP contribution is -2.25. The lowest BCUT2D eigenvalue weighted by atomic mass is 10.2. The van der Waals surface area contributed by atoms with Crippen molar-refractivity contribution in [2.24, 2.45) is 5.10 Å². The normalized spacial score (nSPS) is 11.4. The van der Waals surface area contributed by atoms with Gasteiger partial charge in [0.1, 0.15) is 0 Å². The van der Waals surface area contributed by atoms with Crippen molar-refractivity contribution >= 4 is 50.1 Å². The summed E-state index contributed by atoms with van der Waals surface area (Å²) in [7, 11) is 0. The van der Waals surface area contributed by atoms with Gasteiger partial charge in [-0.15, -0.1) is 11.3 Å². The quantitative estimate of drug-likeness (QED) is 0.379. The Morgan fingerprint density at radius 3 is 2.96 bits per heavy atom. The summed E-state index contributed by atoms with van der Waals surface area (Å²) in [6.07, 6.45) is 3.12. The van der Waals surface area contributed by atoms with Gasteiger partial charge in [0.15, 0.2) is 5.76 Å². The van der Waals surface area contributed by atoms with Crippen molar-refractivity contribution in [3.63, 3.8) is 0 Å². The molecule has 0 aliphatic heterocycles. The van der Waals surface area contributed by atoms with E-state index >= 15 is 0 Å². The van der Waals surface area contributed by atoms with Crippen LogP contribution in [0.25, 0.3) is 10.2 Å². The zero-order valence-electron chi connectivity index (χ0n) is 13.2. The first-order valence-electron chi connectivity index (χ1n) is 7.53. The van der Waals surface area contributed by atoms with Gasteiger partial charge in [-0.3, -0.25) is 4.79 Å². The number of rotatable bonds is 4. The summed E-state index contributed by atoms with van der Waals surface area (Å²) in [6, 6.07) is 13.2. The van der Waals surface area contributed by atoms with Gasteiger partial charge in [-0.25, -0.2) is 4.98 Å². The third-order valence-corrected chi connectivity index (χ3v) is 5.28. The van der Waals surface area contributed by atoms with Gasteiger partial charge in [0.05, 0.1) is 22.7 Å². The highest BCUT2D eigenvalue weighted by atomic mass is 32.1. The fraction of sp³-hybridized carbons (Fsp3) is 0.0556. The molecule has 4 rings (SSSR count). The van der Waals surface area contributed by atoms with Crippen molar-refractivity contribution in [3.05, 3.63) is 70.3 Å². The zero-order chi connectivity index (χ0) is 17.2. The highest BCUT2D eigenvalue weighted by Gasteiger charge is 2.23. The molecule has 124 valence electrons. The molecule has 0 spiro atoms. The first-order valence-corrected chi connectivity index (χ1v) is 9.23. The zero-order valence-corrected chi connectivity index (χ0v) is 14.9. The SMILES string of the molecule is Cc1ccc2nc(N(/N=C\c3cccs3)C(=O)c3ccco3)sc2c1. The average molecular weight is 367 g/mol. The van der Waals surface area contributed by atoms with E-state index in [9.17, 15) is 4.79 Å². The Hall–Kier alpha value is -2.77. The predicted molar refractivity (Wildman–Crippen MR) is 102 cm³/mol. The summed E-state index contributed by atoms with van der Waals surface area (Å²) in [5, 5.41) is 8.13. The van der Waals surface area contributed by atoms with Gasteiger partial charge >= 0.3 is 5.91 Å². The van der Waals surface area contributed by atoms with Crippen LogP contribution in [0.2, 0.25) is 0 Å². The molecule has 3 heterocycles. The maximum absolute atomic E-state index is 12.8. The maximum atomic E-state index is 12.8. The number of fused-ring (bicyclic) bond motifs is 1. The summed E-state index contributed by atoms with van der Waals surface area (Å²) in [5.41, 5.74) is 1.99. The lowest BCUT2D eigenvalue weighted by molar-refractivity contribution is 0.0961. The molecular weight excluding hydrogens is 354 g/mol. The summed E-state index contributed by atoms with van der Waals surface area (Å²) in [6.45, 7) is 2.03. The summed E-state index contributed by atoms with van der Waals surface area (Å²) in [5.74, 6) is -0.132. The Balaban J connectivity index is 1.76. The Morgan fingerprint density at radius 2 is 2.20 bits per heavy atom. The topological polar surface area (TPSA) is 58.7 Å². The number of benzene rings is 1. The number of aromatic nitrogens is 1. The highest BCUT2D eigenvalue weighted by molar-refractivity contribution is 7.22. The molecule has 0 aliphatic rings. The van der Waals surface area contributed by atoms with Crippen molar-refractivity contribution in [2.75, 3.05) is 5.01 Å². The minimum atomic E-state index is -0.353. The van der Waals surface area contributed by atoms with Crippen molar-refractivity contribution in [1.82, 2.24) is 4.98 Å². The van der Waals surface area contributed by atoms with E-state index in [4.69, 9.17) is 4.42 Å². The summed E-state index contributed by atoms with van der Waals surface area (Å²) in [4.78, 5) is 18.3. The van der Waals surface area contributed by atoms with Crippen LogP contribution in [0, 0.1) is 6.92 Å².